The van der Waals surface area contributed by atoms with Crippen LogP contribution in [-0.2, 0) is 0 Å². The Bertz CT molecular complexity index is 828. The number of benzene rings is 1. The summed E-state index contributed by atoms with van der Waals surface area (Å²) in [5, 5.41) is 22.4. The number of aliphatic hydroxyl groups excluding tert-OH is 2. The zero-order valence-corrected chi connectivity index (χ0v) is 14.1. The van der Waals surface area contributed by atoms with Crippen molar-refractivity contribution in [3.63, 3.8) is 0 Å². The van der Waals surface area contributed by atoms with E-state index in [2.05, 4.69) is 20.3 Å². The monoisotopic (exact) mass is 356 g/mol. The van der Waals surface area contributed by atoms with E-state index in [1.807, 2.05) is 18.2 Å². The summed E-state index contributed by atoms with van der Waals surface area (Å²) in [6.07, 6.45) is 2.65. The topological polar surface area (TPSA) is 91.2 Å². The third kappa shape index (κ3) is 4.51. The molecule has 25 heavy (non-hydrogen) atoms. The van der Waals surface area contributed by atoms with Crippen LogP contribution in [0.3, 0.4) is 0 Å². The molecule has 0 saturated carbocycles. The van der Waals surface area contributed by atoms with E-state index >= 15 is 0 Å². The minimum Gasteiger partial charge on any atom is -0.396 e. The van der Waals surface area contributed by atoms with Gasteiger partial charge in [0.05, 0.1) is 5.69 Å². The Balaban J connectivity index is 2.03. The van der Waals surface area contributed by atoms with Crippen LogP contribution in [0.4, 0.5) is 5.82 Å². The third-order valence-electron chi connectivity index (χ3n) is 3.50. The van der Waals surface area contributed by atoms with E-state index in [0.29, 0.717) is 22.4 Å². The van der Waals surface area contributed by atoms with Crippen molar-refractivity contribution in [2.24, 2.45) is 0 Å². The van der Waals surface area contributed by atoms with E-state index in [1.54, 1.807) is 36.7 Å². The fourth-order valence-corrected chi connectivity index (χ4v) is 2.40. The van der Waals surface area contributed by atoms with Crippen LogP contribution in [-0.4, -0.2) is 38.0 Å². The van der Waals surface area contributed by atoms with Gasteiger partial charge in [-0.25, -0.2) is 9.97 Å². The fraction of sp³-hybridized carbons (Fsp3) is 0.167. The Labute approximate surface area is 150 Å². The summed E-state index contributed by atoms with van der Waals surface area (Å²) in [5.41, 5.74) is 2.32. The lowest BCUT2D eigenvalue weighted by Gasteiger charge is -2.14. The average molecular weight is 357 g/mol. The number of hydrogen-bond acceptors (Lipinski definition) is 6. The highest BCUT2D eigenvalue weighted by Crippen LogP contribution is 2.25. The predicted molar refractivity (Wildman–Crippen MR) is 97.0 cm³/mol. The molecule has 0 spiro atoms. The van der Waals surface area contributed by atoms with Gasteiger partial charge in [-0.05, 0) is 24.3 Å². The maximum Gasteiger partial charge on any atom is 0.163 e. The number of hydrogen-bond donors (Lipinski definition) is 3. The van der Waals surface area contributed by atoms with Crippen LogP contribution in [0.2, 0.25) is 5.02 Å². The lowest BCUT2D eigenvalue weighted by atomic mass is 10.1. The summed E-state index contributed by atoms with van der Waals surface area (Å²) in [7, 11) is 0. The highest BCUT2D eigenvalue weighted by Gasteiger charge is 2.11. The molecule has 2 heterocycles. The molecule has 1 atom stereocenters. The molecule has 0 bridgehead atoms. The Hall–Kier alpha value is -2.54. The van der Waals surface area contributed by atoms with Gasteiger partial charge in [0.25, 0.3) is 0 Å². The summed E-state index contributed by atoms with van der Waals surface area (Å²) in [6, 6.07) is 12.7. The molecule has 2 aromatic heterocycles. The maximum atomic E-state index is 9.90. The van der Waals surface area contributed by atoms with Crippen molar-refractivity contribution >= 4 is 17.4 Å². The summed E-state index contributed by atoms with van der Waals surface area (Å²) in [5.74, 6) is 0.944. The van der Waals surface area contributed by atoms with E-state index in [9.17, 15) is 5.11 Å². The van der Waals surface area contributed by atoms with Crippen molar-refractivity contribution in [1.82, 2.24) is 15.0 Å². The van der Waals surface area contributed by atoms with Gasteiger partial charge in [0.15, 0.2) is 5.82 Å². The molecule has 6 nitrogen and oxygen atoms in total. The van der Waals surface area contributed by atoms with Crippen molar-refractivity contribution in [1.29, 1.82) is 0 Å². The van der Waals surface area contributed by atoms with Gasteiger partial charge in [-0.1, -0.05) is 23.7 Å². The van der Waals surface area contributed by atoms with E-state index in [1.165, 1.54) is 0 Å². The number of aliphatic hydroxyl groups is 2. The van der Waals surface area contributed by atoms with Gasteiger partial charge < -0.3 is 15.5 Å². The first kappa shape index (κ1) is 17.3. The van der Waals surface area contributed by atoms with Crippen molar-refractivity contribution in [2.75, 3.05) is 11.9 Å². The predicted octanol–water partition coefficient (Wildman–Crippen LogP) is 2.97. The van der Waals surface area contributed by atoms with Gasteiger partial charge in [0.1, 0.15) is 12.0 Å². The normalized spacial score (nSPS) is 12.0. The summed E-state index contributed by atoms with van der Waals surface area (Å²) in [4.78, 5) is 13.1. The molecular formula is C18H17ClN4O2. The largest absolute Gasteiger partial charge is 0.396 e. The van der Waals surface area contributed by atoms with E-state index in [-0.39, 0.29) is 13.0 Å². The fourth-order valence-electron chi connectivity index (χ4n) is 2.28. The second-order valence-electron chi connectivity index (χ2n) is 5.38. The highest BCUT2D eigenvalue weighted by atomic mass is 35.5. The van der Waals surface area contributed by atoms with Gasteiger partial charge in [-0.15, -0.1) is 0 Å². The Morgan fingerprint density at radius 3 is 2.56 bits per heavy atom. The molecular weight excluding hydrogens is 340 g/mol. The van der Waals surface area contributed by atoms with Gasteiger partial charge >= 0.3 is 0 Å². The first-order valence-electron chi connectivity index (χ1n) is 7.76. The molecule has 0 aliphatic heterocycles. The molecule has 3 N–H and O–H groups in total. The van der Waals surface area contributed by atoms with E-state index in [4.69, 9.17) is 16.7 Å². The summed E-state index contributed by atoms with van der Waals surface area (Å²) in [6.45, 7) is -0.126. The number of anilines is 1. The molecule has 0 amide bonds. The summed E-state index contributed by atoms with van der Waals surface area (Å²) >= 11 is 5.95. The Morgan fingerprint density at radius 2 is 1.88 bits per heavy atom. The van der Waals surface area contributed by atoms with Crippen LogP contribution in [0.15, 0.2) is 54.9 Å². The molecule has 7 heteroatoms. The molecule has 1 unspecified atom stereocenters. The molecule has 0 fully saturated rings. The third-order valence-corrected chi connectivity index (χ3v) is 3.75. The molecule has 128 valence electrons. The molecule has 0 radical (unpaired) electrons. The highest BCUT2D eigenvalue weighted by molar-refractivity contribution is 6.30. The van der Waals surface area contributed by atoms with Crippen LogP contribution in [0, 0.1) is 0 Å². The van der Waals surface area contributed by atoms with Crippen molar-refractivity contribution < 1.29 is 10.2 Å². The number of rotatable bonds is 6. The Morgan fingerprint density at radius 1 is 1.08 bits per heavy atom. The second-order valence-corrected chi connectivity index (χ2v) is 5.82. The van der Waals surface area contributed by atoms with Gasteiger partial charge in [0, 0.05) is 47.6 Å². The first-order valence-corrected chi connectivity index (χ1v) is 8.14. The minimum absolute atomic E-state index is 0.126. The number of nitrogens with zero attached hydrogens (tertiary/aromatic N) is 3. The van der Waals surface area contributed by atoms with Gasteiger partial charge in [-0.2, -0.15) is 0 Å². The molecule has 1 aromatic carbocycles. The standard InChI is InChI=1S/C18H17ClN4O2/c19-14-5-3-12(4-6-14)15-10-16(22-17(25)7-9-24)23-18(21-15)13-2-1-8-20-11-13/h1-6,8,10-11,17,24-25H,7,9H2,(H,21,22,23). The molecule has 0 aliphatic carbocycles. The van der Waals surface area contributed by atoms with Crippen molar-refractivity contribution in [2.45, 2.75) is 12.6 Å². The van der Waals surface area contributed by atoms with Crippen LogP contribution < -0.4 is 5.32 Å². The number of nitrogens with one attached hydrogen (secondary N) is 1. The summed E-state index contributed by atoms with van der Waals surface area (Å²) < 4.78 is 0. The zero-order chi connectivity index (χ0) is 17.6. The second kappa shape index (κ2) is 8.02. The van der Waals surface area contributed by atoms with Crippen LogP contribution in [0.1, 0.15) is 6.42 Å². The quantitative estimate of drug-likeness (QED) is 0.588. The molecule has 3 rings (SSSR count). The van der Waals surface area contributed by atoms with Crippen molar-refractivity contribution in [3.05, 3.63) is 59.9 Å². The number of pyridine rings is 1. The molecule has 3 aromatic rings. The Kier molecular flexibility index (Phi) is 5.55. The molecule has 0 saturated heterocycles. The van der Waals surface area contributed by atoms with Gasteiger partial charge in [0.2, 0.25) is 0 Å². The van der Waals surface area contributed by atoms with E-state index < -0.39 is 6.23 Å². The smallest absolute Gasteiger partial charge is 0.163 e. The van der Waals surface area contributed by atoms with Crippen LogP contribution in [0.25, 0.3) is 22.6 Å². The van der Waals surface area contributed by atoms with E-state index in [0.717, 1.165) is 11.1 Å². The first-order chi connectivity index (χ1) is 12.2. The maximum absolute atomic E-state index is 9.90. The SMILES string of the molecule is OCCC(O)Nc1cc(-c2ccc(Cl)cc2)nc(-c2cccnc2)n1. The van der Waals surface area contributed by atoms with Crippen molar-refractivity contribution in [3.8, 4) is 22.6 Å². The average Bonchev–Trinajstić information content (AvgIpc) is 2.63. The van der Waals surface area contributed by atoms with Crippen LogP contribution >= 0.6 is 11.6 Å². The minimum atomic E-state index is -0.903. The van der Waals surface area contributed by atoms with Crippen LogP contribution in [0.5, 0.6) is 0 Å². The lowest BCUT2D eigenvalue weighted by Crippen LogP contribution is -2.21. The lowest BCUT2D eigenvalue weighted by molar-refractivity contribution is 0.155. The number of aromatic nitrogens is 3. The zero-order valence-electron chi connectivity index (χ0n) is 13.3. The molecule has 0 aliphatic rings. The number of halogens is 1. The van der Waals surface area contributed by atoms with Gasteiger partial charge in [-0.3, -0.25) is 4.98 Å².